The number of ether oxygens (including phenoxy) is 1. The lowest BCUT2D eigenvalue weighted by molar-refractivity contribution is -0.160. The number of carbonyl (C=O) groups excluding carboxylic acids is 1. The Balaban J connectivity index is 1.89. The summed E-state index contributed by atoms with van der Waals surface area (Å²) in [7, 11) is 0. The summed E-state index contributed by atoms with van der Waals surface area (Å²) in [5, 5.41) is 0. The lowest BCUT2D eigenvalue weighted by Gasteiger charge is -2.27. The van der Waals surface area contributed by atoms with Gasteiger partial charge in [0.2, 0.25) is 0 Å². The number of rotatable bonds is 4. The van der Waals surface area contributed by atoms with E-state index in [1.807, 2.05) is 45.3 Å². The van der Waals surface area contributed by atoms with Crippen molar-refractivity contribution in [3.05, 3.63) is 30.1 Å². The standard InChI is InChI=1S/C16H24N2O2/c1-16(2,3)20-15(19)14-5-4-11-18(14)12-8-13-6-9-17-10-7-13/h6-7,9-10,14H,4-5,8,11-12H2,1-3H3/t14-/m0/s1. The molecule has 20 heavy (non-hydrogen) atoms. The van der Waals surface area contributed by atoms with Gasteiger partial charge < -0.3 is 4.74 Å². The highest BCUT2D eigenvalue weighted by Gasteiger charge is 2.33. The molecule has 0 radical (unpaired) electrons. The zero-order valence-corrected chi connectivity index (χ0v) is 12.6. The highest BCUT2D eigenvalue weighted by molar-refractivity contribution is 5.76. The smallest absolute Gasteiger partial charge is 0.323 e. The Labute approximate surface area is 121 Å². The highest BCUT2D eigenvalue weighted by Crippen LogP contribution is 2.21. The van der Waals surface area contributed by atoms with E-state index in [1.54, 1.807) is 0 Å². The number of esters is 1. The SMILES string of the molecule is CC(C)(C)OC(=O)[C@@H]1CCCN1CCc1ccncc1. The third-order valence-corrected chi connectivity index (χ3v) is 3.48. The lowest BCUT2D eigenvalue weighted by atomic mass is 10.1. The molecule has 0 aliphatic carbocycles. The van der Waals surface area contributed by atoms with Crippen LogP contribution in [0.15, 0.2) is 24.5 Å². The van der Waals surface area contributed by atoms with Gasteiger partial charge in [-0.1, -0.05) is 0 Å². The van der Waals surface area contributed by atoms with E-state index in [2.05, 4.69) is 9.88 Å². The molecule has 1 fully saturated rings. The van der Waals surface area contributed by atoms with Gasteiger partial charge in [0.15, 0.2) is 0 Å². The average Bonchev–Trinajstić information content (AvgIpc) is 2.84. The summed E-state index contributed by atoms with van der Waals surface area (Å²) in [6.45, 7) is 7.63. The van der Waals surface area contributed by atoms with Crippen LogP contribution in [-0.4, -0.2) is 40.6 Å². The molecule has 2 rings (SSSR count). The lowest BCUT2D eigenvalue weighted by Crippen LogP contribution is -2.41. The minimum Gasteiger partial charge on any atom is -0.459 e. The molecule has 0 bridgehead atoms. The molecular formula is C16H24N2O2. The van der Waals surface area contributed by atoms with E-state index in [0.717, 1.165) is 32.4 Å². The summed E-state index contributed by atoms with van der Waals surface area (Å²) >= 11 is 0. The number of aromatic nitrogens is 1. The maximum atomic E-state index is 12.2. The molecule has 1 aromatic heterocycles. The van der Waals surface area contributed by atoms with Crippen LogP contribution in [0.5, 0.6) is 0 Å². The van der Waals surface area contributed by atoms with Gasteiger partial charge in [-0.25, -0.2) is 0 Å². The summed E-state index contributed by atoms with van der Waals surface area (Å²) < 4.78 is 5.51. The Morgan fingerprint density at radius 2 is 2.10 bits per heavy atom. The van der Waals surface area contributed by atoms with E-state index in [0.29, 0.717) is 0 Å². The first-order chi connectivity index (χ1) is 9.46. The summed E-state index contributed by atoms with van der Waals surface area (Å²) in [5.41, 5.74) is 0.853. The van der Waals surface area contributed by atoms with Gasteiger partial charge in [-0.3, -0.25) is 14.7 Å². The molecule has 0 saturated carbocycles. The Bertz CT molecular complexity index is 440. The van der Waals surface area contributed by atoms with Crippen molar-refractivity contribution in [2.24, 2.45) is 0 Å². The maximum Gasteiger partial charge on any atom is 0.323 e. The number of likely N-dealkylation sites (tertiary alicyclic amines) is 1. The van der Waals surface area contributed by atoms with Gasteiger partial charge in [-0.15, -0.1) is 0 Å². The molecule has 0 aromatic carbocycles. The molecule has 4 heteroatoms. The number of nitrogens with zero attached hydrogens (tertiary/aromatic N) is 2. The molecule has 1 aromatic rings. The Morgan fingerprint density at radius 3 is 2.75 bits per heavy atom. The normalized spacial score (nSPS) is 20.1. The van der Waals surface area contributed by atoms with Gasteiger partial charge in [0.25, 0.3) is 0 Å². The summed E-state index contributed by atoms with van der Waals surface area (Å²) in [4.78, 5) is 18.5. The van der Waals surface area contributed by atoms with Crippen LogP contribution >= 0.6 is 0 Å². The molecule has 0 amide bonds. The van der Waals surface area contributed by atoms with Crippen molar-refractivity contribution < 1.29 is 9.53 Å². The second-order valence-electron chi connectivity index (χ2n) is 6.33. The number of carbonyl (C=O) groups is 1. The topological polar surface area (TPSA) is 42.4 Å². The molecule has 0 spiro atoms. The van der Waals surface area contributed by atoms with E-state index < -0.39 is 5.60 Å². The molecule has 0 unspecified atom stereocenters. The number of pyridine rings is 1. The molecular weight excluding hydrogens is 252 g/mol. The van der Waals surface area contributed by atoms with E-state index in [4.69, 9.17) is 4.74 Å². The van der Waals surface area contributed by atoms with Gasteiger partial charge in [0.1, 0.15) is 11.6 Å². The Morgan fingerprint density at radius 1 is 1.40 bits per heavy atom. The summed E-state index contributed by atoms with van der Waals surface area (Å²) in [6.07, 6.45) is 6.54. The largest absolute Gasteiger partial charge is 0.459 e. The number of hydrogen-bond acceptors (Lipinski definition) is 4. The van der Waals surface area contributed by atoms with Crippen LogP contribution in [0.2, 0.25) is 0 Å². The maximum absolute atomic E-state index is 12.2. The van der Waals surface area contributed by atoms with Crippen LogP contribution in [0.3, 0.4) is 0 Å². The zero-order valence-electron chi connectivity index (χ0n) is 12.6. The van der Waals surface area contributed by atoms with Crippen LogP contribution in [-0.2, 0) is 16.0 Å². The second kappa shape index (κ2) is 6.35. The predicted molar refractivity (Wildman–Crippen MR) is 78.4 cm³/mol. The minimum absolute atomic E-state index is 0.0731. The average molecular weight is 276 g/mol. The molecule has 0 N–H and O–H groups in total. The van der Waals surface area contributed by atoms with Gasteiger partial charge in [-0.05, 0) is 64.3 Å². The highest BCUT2D eigenvalue weighted by atomic mass is 16.6. The van der Waals surface area contributed by atoms with Crippen molar-refractivity contribution in [2.75, 3.05) is 13.1 Å². The van der Waals surface area contributed by atoms with Crippen LogP contribution in [0.25, 0.3) is 0 Å². The molecule has 1 atom stereocenters. The Kier molecular flexibility index (Phi) is 4.76. The first-order valence-corrected chi connectivity index (χ1v) is 7.31. The second-order valence-corrected chi connectivity index (χ2v) is 6.33. The fourth-order valence-electron chi connectivity index (χ4n) is 2.55. The molecule has 110 valence electrons. The predicted octanol–water partition coefficient (Wildman–Crippen LogP) is 2.43. The third kappa shape index (κ3) is 4.30. The first kappa shape index (κ1) is 15.0. The van der Waals surface area contributed by atoms with Crippen LogP contribution in [0.4, 0.5) is 0 Å². The quantitative estimate of drug-likeness (QED) is 0.792. The monoisotopic (exact) mass is 276 g/mol. The van der Waals surface area contributed by atoms with Crippen molar-refractivity contribution in [3.8, 4) is 0 Å². The van der Waals surface area contributed by atoms with Crippen LogP contribution < -0.4 is 0 Å². The van der Waals surface area contributed by atoms with E-state index >= 15 is 0 Å². The molecule has 1 aliphatic rings. The zero-order chi connectivity index (χ0) is 14.6. The molecule has 1 aliphatic heterocycles. The molecule has 4 nitrogen and oxygen atoms in total. The fourth-order valence-corrected chi connectivity index (χ4v) is 2.55. The summed E-state index contributed by atoms with van der Waals surface area (Å²) in [5.74, 6) is -0.0790. The van der Waals surface area contributed by atoms with E-state index in [-0.39, 0.29) is 12.0 Å². The van der Waals surface area contributed by atoms with E-state index in [9.17, 15) is 4.79 Å². The minimum atomic E-state index is -0.406. The molecule has 2 heterocycles. The van der Waals surface area contributed by atoms with Crippen molar-refractivity contribution in [1.82, 2.24) is 9.88 Å². The summed E-state index contributed by atoms with van der Waals surface area (Å²) in [6, 6.07) is 3.98. The first-order valence-electron chi connectivity index (χ1n) is 7.31. The van der Waals surface area contributed by atoms with Crippen molar-refractivity contribution >= 4 is 5.97 Å². The van der Waals surface area contributed by atoms with Gasteiger partial charge in [0.05, 0.1) is 0 Å². The van der Waals surface area contributed by atoms with Crippen LogP contribution in [0.1, 0.15) is 39.2 Å². The van der Waals surface area contributed by atoms with Crippen molar-refractivity contribution in [2.45, 2.75) is 51.7 Å². The van der Waals surface area contributed by atoms with Gasteiger partial charge in [-0.2, -0.15) is 0 Å². The Hall–Kier alpha value is -1.42. The number of hydrogen-bond donors (Lipinski definition) is 0. The molecule has 1 saturated heterocycles. The van der Waals surface area contributed by atoms with Crippen molar-refractivity contribution in [1.29, 1.82) is 0 Å². The van der Waals surface area contributed by atoms with Crippen molar-refractivity contribution in [3.63, 3.8) is 0 Å². The van der Waals surface area contributed by atoms with Gasteiger partial charge >= 0.3 is 5.97 Å². The van der Waals surface area contributed by atoms with Gasteiger partial charge in [0, 0.05) is 18.9 Å². The third-order valence-electron chi connectivity index (χ3n) is 3.48. The van der Waals surface area contributed by atoms with E-state index in [1.165, 1.54) is 5.56 Å². The van der Waals surface area contributed by atoms with Crippen LogP contribution in [0, 0.1) is 0 Å². The fraction of sp³-hybridized carbons (Fsp3) is 0.625.